The summed E-state index contributed by atoms with van der Waals surface area (Å²) in [6.45, 7) is 0. The van der Waals surface area contributed by atoms with Crippen LogP contribution in [0.2, 0.25) is 0 Å². The van der Waals surface area contributed by atoms with E-state index in [9.17, 15) is 0 Å². The Morgan fingerprint density at radius 1 is 0.500 bits per heavy atom. The van der Waals surface area contributed by atoms with Crippen molar-refractivity contribution in [3.8, 4) is 11.1 Å². The fourth-order valence-corrected chi connectivity index (χ4v) is 3.64. The topological polar surface area (TPSA) is 19.0 Å². The van der Waals surface area contributed by atoms with Gasteiger partial charge in [-0.25, -0.2) is 0 Å². The molecule has 1 heterocycles. The Balaban J connectivity index is 1.55. The maximum Gasteiger partial charge on any atom is 0.0462 e. The molecule has 134 valence electrons. The number of rotatable bonds is 4. The smallest absolute Gasteiger partial charge is 0.0462 e. The number of nitrogens with zero attached hydrogens (tertiary/aromatic N) is 1. The van der Waals surface area contributed by atoms with Crippen molar-refractivity contribution in [1.29, 1.82) is 0 Å². The van der Waals surface area contributed by atoms with E-state index in [-0.39, 0.29) is 0 Å². The highest BCUT2D eigenvalue weighted by Crippen LogP contribution is 2.35. The Bertz CT molecular complexity index is 1150. The zero-order chi connectivity index (χ0) is 18.8. The molecular weight excluding hydrogens is 340 g/mol. The van der Waals surface area contributed by atoms with Gasteiger partial charge in [0, 0.05) is 28.8 Å². The molecule has 2 heteroatoms. The van der Waals surface area contributed by atoms with Crippen LogP contribution in [0.5, 0.6) is 0 Å². The zero-order valence-corrected chi connectivity index (χ0v) is 15.4. The molecule has 0 fully saturated rings. The molecule has 0 unspecified atom stereocenters. The first-order valence-corrected chi connectivity index (χ1v) is 9.46. The molecule has 0 aliphatic heterocycles. The molecule has 0 saturated heterocycles. The van der Waals surface area contributed by atoms with Gasteiger partial charge in [0.1, 0.15) is 0 Å². The quantitative estimate of drug-likeness (QED) is 0.356. The Labute approximate surface area is 164 Å². The summed E-state index contributed by atoms with van der Waals surface area (Å²) in [4.78, 5) is 5.53. The van der Waals surface area contributed by atoms with Crippen molar-refractivity contribution in [2.24, 2.45) is 0 Å². The maximum atomic E-state index is 3.25. The molecule has 1 aromatic heterocycles. The van der Waals surface area contributed by atoms with Crippen molar-refractivity contribution in [2.75, 3.05) is 4.90 Å². The summed E-state index contributed by atoms with van der Waals surface area (Å²) in [7, 11) is 0. The minimum atomic E-state index is 1.14. The van der Waals surface area contributed by atoms with Crippen molar-refractivity contribution in [2.45, 2.75) is 0 Å². The maximum absolute atomic E-state index is 3.25. The molecule has 0 aliphatic carbocycles. The molecule has 0 amide bonds. The number of anilines is 3. The number of H-pyrrole nitrogens is 1. The number of hydrogen-bond acceptors (Lipinski definition) is 1. The van der Waals surface area contributed by atoms with E-state index in [1.165, 1.54) is 22.0 Å². The normalized spacial score (nSPS) is 10.9. The van der Waals surface area contributed by atoms with Crippen LogP contribution in [0.4, 0.5) is 17.1 Å². The van der Waals surface area contributed by atoms with Gasteiger partial charge < -0.3 is 9.88 Å². The van der Waals surface area contributed by atoms with Gasteiger partial charge >= 0.3 is 0 Å². The summed E-state index contributed by atoms with van der Waals surface area (Å²) in [5.41, 5.74) is 7.05. The van der Waals surface area contributed by atoms with Gasteiger partial charge in [-0.2, -0.15) is 0 Å². The second kappa shape index (κ2) is 7.09. The number of nitrogens with one attached hydrogen (secondary N) is 1. The molecule has 0 aliphatic rings. The molecule has 1 N–H and O–H groups in total. The lowest BCUT2D eigenvalue weighted by Crippen LogP contribution is -2.09. The van der Waals surface area contributed by atoms with E-state index >= 15 is 0 Å². The van der Waals surface area contributed by atoms with Gasteiger partial charge in [-0.05, 0) is 71.1 Å². The molecule has 2 nitrogen and oxygen atoms in total. The van der Waals surface area contributed by atoms with Crippen LogP contribution < -0.4 is 4.90 Å². The number of para-hydroxylation sites is 2. The molecule has 0 saturated carbocycles. The molecule has 0 radical (unpaired) electrons. The monoisotopic (exact) mass is 360 g/mol. The summed E-state index contributed by atoms with van der Waals surface area (Å²) >= 11 is 0. The van der Waals surface area contributed by atoms with Crippen molar-refractivity contribution < 1.29 is 0 Å². The van der Waals surface area contributed by atoms with Crippen LogP contribution in [0.25, 0.3) is 22.0 Å². The van der Waals surface area contributed by atoms with Gasteiger partial charge in [0.05, 0.1) is 0 Å². The van der Waals surface area contributed by atoms with Crippen LogP contribution >= 0.6 is 0 Å². The van der Waals surface area contributed by atoms with Crippen LogP contribution in [0.15, 0.2) is 115 Å². The first kappa shape index (κ1) is 16.4. The lowest BCUT2D eigenvalue weighted by molar-refractivity contribution is 1.28. The van der Waals surface area contributed by atoms with Gasteiger partial charge in [-0.15, -0.1) is 0 Å². The van der Waals surface area contributed by atoms with Crippen molar-refractivity contribution in [3.05, 3.63) is 115 Å². The summed E-state index contributed by atoms with van der Waals surface area (Å²) in [5, 5.41) is 1.23. The first-order valence-electron chi connectivity index (χ1n) is 9.46. The summed E-state index contributed by atoms with van der Waals surface area (Å²) < 4.78 is 0. The van der Waals surface area contributed by atoms with Crippen molar-refractivity contribution in [3.63, 3.8) is 0 Å². The fourth-order valence-electron chi connectivity index (χ4n) is 3.64. The Hall–Kier alpha value is -3.78. The van der Waals surface area contributed by atoms with E-state index in [1.54, 1.807) is 0 Å². The van der Waals surface area contributed by atoms with Crippen LogP contribution in [-0.4, -0.2) is 4.98 Å². The first-order chi connectivity index (χ1) is 13.9. The van der Waals surface area contributed by atoms with Crippen LogP contribution in [0.1, 0.15) is 0 Å². The van der Waals surface area contributed by atoms with Crippen LogP contribution in [0, 0.1) is 0 Å². The van der Waals surface area contributed by atoms with E-state index < -0.39 is 0 Å². The average Bonchev–Trinajstić information content (AvgIpc) is 3.24. The van der Waals surface area contributed by atoms with E-state index in [1.807, 2.05) is 18.3 Å². The highest BCUT2D eigenvalue weighted by Gasteiger charge is 2.11. The van der Waals surface area contributed by atoms with Gasteiger partial charge in [0.2, 0.25) is 0 Å². The lowest BCUT2D eigenvalue weighted by Gasteiger charge is -2.25. The number of aromatic nitrogens is 1. The minimum absolute atomic E-state index is 1.14. The van der Waals surface area contributed by atoms with Gasteiger partial charge in [0.25, 0.3) is 0 Å². The Morgan fingerprint density at radius 3 is 1.71 bits per heavy atom. The molecule has 0 bridgehead atoms. The standard InChI is InChI=1S/C26H20N2/c1-3-7-23(8-4-1)28(24-9-5-2-6-10-24)25-14-11-20(12-15-25)21-13-16-26-22(19-21)17-18-27-26/h1-19,27H. The van der Waals surface area contributed by atoms with Crippen molar-refractivity contribution in [1.82, 2.24) is 4.98 Å². The second-order valence-electron chi connectivity index (χ2n) is 6.83. The fraction of sp³-hybridized carbons (Fsp3) is 0. The highest BCUT2D eigenvalue weighted by molar-refractivity contribution is 5.85. The lowest BCUT2D eigenvalue weighted by atomic mass is 10.0. The molecule has 4 aromatic carbocycles. The average molecular weight is 360 g/mol. The molecule has 0 atom stereocenters. The number of hydrogen-bond donors (Lipinski definition) is 1. The number of aromatic amines is 1. The van der Waals surface area contributed by atoms with Crippen LogP contribution in [-0.2, 0) is 0 Å². The van der Waals surface area contributed by atoms with E-state index in [2.05, 4.69) is 107 Å². The number of fused-ring (bicyclic) bond motifs is 1. The SMILES string of the molecule is c1ccc(N(c2ccccc2)c2ccc(-c3ccc4[nH]ccc4c3)cc2)cc1. The summed E-state index contributed by atoms with van der Waals surface area (Å²) in [6.07, 6.45) is 1.98. The predicted octanol–water partition coefficient (Wildman–Crippen LogP) is 7.30. The largest absolute Gasteiger partial charge is 0.361 e. The molecule has 5 aromatic rings. The van der Waals surface area contributed by atoms with E-state index in [4.69, 9.17) is 0 Å². The Morgan fingerprint density at radius 2 is 1.07 bits per heavy atom. The number of benzene rings is 4. The van der Waals surface area contributed by atoms with E-state index in [0.717, 1.165) is 17.1 Å². The van der Waals surface area contributed by atoms with Gasteiger partial charge in [0.15, 0.2) is 0 Å². The molecule has 0 spiro atoms. The summed E-state index contributed by atoms with van der Waals surface area (Å²) in [5.74, 6) is 0. The van der Waals surface area contributed by atoms with Gasteiger partial charge in [-0.3, -0.25) is 0 Å². The third-order valence-corrected chi connectivity index (χ3v) is 5.04. The third kappa shape index (κ3) is 3.06. The molecular formula is C26H20N2. The summed E-state index contributed by atoms with van der Waals surface area (Å²) in [6, 6.07) is 38.4. The Kier molecular flexibility index (Phi) is 4.15. The second-order valence-corrected chi connectivity index (χ2v) is 6.83. The minimum Gasteiger partial charge on any atom is -0.361 e. The third-order valence-electron chi connectivity index (χ3n) is 5.04. The van der Waals surface area contributed by atoms with Crippen LogP contribution in [0.3, 0.4) is 0 Å². The molecule has 5 rings (SSSR count). The highest BCUT2D eigenvalue weighted by atomic mass is 15.1. The molecule has 28 heavy (non-hydrogen) atoms. The van der Waals surface area contributed by atoms with Gasteiger partial charge in [-0.1, -0.05) is 54.6 Å². The predicted molar refractivity (Wildman–Crippen MR) is 118 cm³/mol. The van der Waals surface area contributed by atoms with Crippen molar-refractivity contribution >= 4 is 28.0 Å². The zero-order valence-electron chi connectivity index (χ0n) is 15.4. The van der Waals surface area contributed by atoms with E-state index in [0.29, 0.717) is 0 Å².